The average molecular weight is 871 g/mol. The summed E-state index contributed by atoms with van der Waals surface area (Å²) < 4.78 is 7.63. The summed E-state index contributed by atoms with van der Waals surface area (Å²) >= 11 is 0. The Labute approximate surface area is 396 Å². The molecule has 3 nitrogen and oxygen atoms in total. The lowest BCUT2D eigenvalue weighted by Crippen LogP contribution is -2.61. The molecule has 0 bridgehead atoms. The maximum atomic E-state index is 7.63. The highest BCUT2D eigenvalue weighted by atomic mass is 16.3. The number of rotatable bonds is 5. The molecule has 2 aliphatic carbocycles. The van der Waals surface area contributed by atoms with Crippen molar-refractivity contribution >= 4 is 68.3 Å². The van der Waals surface area contributed by atoms with Crippen LogP contribution in [0.5, 0.6) is 0 Å². The molecule has 6 aromatic rings. The van der Waals surface area contributed by atoms with Gasteiger partial charge in [-0.3, -0.25) is 0 Å². The zero-order chi connectivity index (χ0) is 47.2. The molecule has 0 saturated heterocycles. The highest BCUT2D eigenvalue weighted by Crippen LogP contribution is 2.53. The topological polar surface area (TPSA) is 19.6 Å². The highest BCUT2D eigenvalue weighted by Gasteiger charge is 2.49. The molecular weight excluding hydrogens is 800 g/mol. The van der Waals surface area contributed by atoms with Crippen molar-refractivity contribution in [3.8, 4) is 0 Å². The molecule has 2 aliphatic heterocycles. The molecule has 10 rings (SSSR count). The van der Waals surface area contributed by atoms with Crippen LogP contribution in [0, 0.1) is 13.8 Å². The van der Waals surface area contributed by atoms with Crippen LogP contribution in [-0.4, -0.2) is 6.71 Å². The van der Waals surface area contributed by atoms with Gasteiger partial charge in [0.1, 0.15) is 5.58 Å². The molecular formula is C62H71BN2O. The molecule has 5 aromatic carbocycles. The van der Waals surface area contributed by atoms with Crippen molar-refractivity contribution in [1.82, 2.24) is 0 Å². The molecule has 0 unspecified atom stereocenters. The van der Waals surface area contributed by atoms with E-state index in [1.807, 2.05) is 6.08 Å². The van der Waals surface area contributed by atoms with Crippen molar-refractivity contribution in [2.75, 3.05) is 9.80 Å². The van der Waals surface area contributed by atoms with E-state index < -0.39 is 0 Å². The second kappa shape index (κ2) is 14.8. The Morgan fingerprint density at radius 1 is 0.652 bits per heavy atom. The van der Waals surface area contributed by atoms with Crippen LogP contribution >= 0.6 is 0 Å². The molecule has 0 N–H and O–H groups in total. The Morgan fingerprint density at radius 2 is 1.24 bits per heavy atom. The van der Waals surface area contributed by atoms with Crippen LogP contribution in [0.15, 0.2) is 119 Å². The minimum atomic E-state index is -0.140. The third kappa shape index (κ3) is 6.82. The summed E-state index contributed by atoms with van der Waals surface area (Å²) in [6, 6.07) is 33.6. The number of benzene rings is 5. The molecule has 338 valence electrons. The molecule has 3 heterocycles. The van der Waals surface area contributed by atoms with E-state index in [-0.39, 0.29) is 33.8 Å². The van der Waals surface area contributed by atoms with E-state index >= 15 is 0 Å². The van der Waals surface area contributed by atoms with Gasteiger partial charge in [-0.05, 0) is 190 Å². The normalized spacial score (nSPS) is 19.1. The highest BCUT2D eigenvalue weighted by molar-refractivity contribution is 7.00. The molecule has 0 atom stereocenters. The van der Waals surface area contributed by atoms with E-state index in [1.165, 1.54) is 101 Å². The molecule has 1 aromatic heterocycles. The number of allylic oxidation sites excluding steroid dienone is 4. The number of furan rings is 1. The minimum absolute atomic E-state index is 0.0421. The van der Waals surface area contributed by atoms with Gasteiger partial charge in [0.2, 0.25) is 0 Å². The standard InChI is InChI=1S/C62H71BN2O/c1-17-37(2)30-51(40(5)41-20-18-38(3)19-21-41)65-50-25-22-42(58(6,7)8)33-49(50)63-55-52(31-39(4)32-53(55)65)64(43-23-24-45-46(34-43)60(11,12)27-26-59(45,9)10)56-44-35-47-48(36-54(44)66-57(56)63)62(15,16)29-28-61(47,13)14/h17-25,30-36H,1,26-29H2,2-16H3/b37-30-,51-40-. The zero-order valence-electron chi connectivity index (χ0n) is 42.7. The summed E-state index contributed by atoms with van der Waals surface area (Å²) in [6.07, 6.45) is 8.97. The van der Waals surface area contributed by atoms with Crippen molar-refractivity contribution in [2.24, 2.45) is 0 Å². The van der Waals surface area contributed by atoms with Gasteiger partial charge in [-0.25, -0.2) is 0 Å². The number of anilines is 5. The summed E-state index contributed by atoms with van der Waals surface area (Å²) in [5, 5.41) is 1.21. The summed E-state index contributed by atoms with van der Waals surface area (Å²) in [7, 11) is 0. The quantitative estimate of drug-likeness (QED) is 0.127. The van der Waals surface area contributed by atoms with Crippen molar-refractivity contribution in [1.29, 1.82) is 0 Å². The monoisotopic (exact) mass is 871 g/mol. The fraction of sp³-hybridized carbons (Fsp3) is 0.387. The lowest BCUT2D eigenvalue weighted by molar-refractivity contribution is 0.332. The number of fused-ring (bicyclic) bond motifs is 8. The Morgan fingerprint density at radius 3 is 1.86 bits per heavy atom. The van der Waals surface area contributed by atoms with Gasteiger partial charge in [0, 0.05) is 33.8 Å². The van der Waals surface area contributed by atoms with Gasteiger partial charge in [0.25, 0.3) is 6.71 Å². The predicted octanol–water partition coefficient (Wildman–Crippen LogP) is 15.4. The number of hydrogen-bond acceptors (Lipinski definition) is 3. The maximum Gasteiger partial charge on any atom is 0.297 e. The Balaban J connectivity index is 1.36. The number of aryl methyl sites for hydroxylation is 2. The first kappa shape index (κ1) is 44.4. The van der Waals surface area contributed by atoms with E-state index in [9.17, 15) is 0 Å². The van der Waals surface area contributed by atoms with Crippen LogP contribution in [0.25, 0.3) is 16.5 Å². The molecule has 0 fully saturated rings. The first-order valence-corrected chi connectivity index (χ1v) is 24.7. The van der Waals surface area contributed by atoms with Gasteiger partial charge in [-0.1, -0.05) is 137 Å². The van der Waals surface area contributed by atoms with Gasteiger partial charge in [0.15, 0.2) is 0 Å². The van der Waals surface area contributed by atoms with Crippen LogP contribution in [0.3, 0.4) is 0 Å². The Kier molecular flexibility index (Phi) is 9.92. The predicted molar refractivity (Wildman–Crippen MR) is 286 cm³/mol. The first-order chi connectivity index (χ1) is 30.9. The van der Waals surface area contributed by atoms with Gasteiger partial charge >= 0.3 is 0 Å². The summed E-state index contributed by atoms with van der Waals surface area (Å²) in [5.74, 6) is 0. The van der Waals surface area contributed by atoms with Crippen molar-refractivity contribution in [2.45, 2.75) is 157 Å². The Hall–Kier alpha value is -5.48. The Bertz CT molecular complexity index is 3080. The zero-order valence-corrected chi connectivity index (χ0v) is 42.7. The van der Waals surface area contributed by atoms with Crippen molar-refractivity contribution in [3.05, 3.63) is 159 Å². The van der Waals surface area contributed by atoms with Crippen LogP contribution in [0.4, 0.5) is 28.4 Å². The number of hydrogen-bond donors (Lipinski definition) is 0. The lowest BCUT2D eigenvalue weighted by atomic mass is 9.35. The van der Waals surface area contributed by atoms with E-state index in [0.29, 0.717) is 0 Å². The molecule has 0 saturated carbocycles. The minimum Gasteiger partial charge on any atom is -0.468 e. The molecule has 0 radical (unpaired) electrons. The summed E-state index contributed by atoms with van der Waals surface area (Å²) in [6.45, 7) is 39.5. The van der Waals surface area contributed by atoms with Crippen LogP contribution in [0.2, 0.25) is 0 Å². The molecule has 66 heavy (non-hydrogen) atoms. The van der Waals surface area contributed by atoms with Crippen LogP contribution in [0.1, 0.15) is 160 Å². The van der Waals surface area contributed by atoms with E-state index in [2.05, 4.69) is 211 Å². The largest absolute Gasteiger partial charge is 0.468 e. The van der Waals surface area contributed by atoms with Gasteiger partial charge < -0.3 is 14.2 Å². The van der Waals surface area contributed by atoms with Crippen molar-refractivity contribution < 1.29 is 4.42 Å². The molecule has 4 aliphatic rings. The molecule has 0 amide bonds. The fourth-order valence-corrected chi connectivity index (χ4v) is 12.0. The van der Waals surface area contributed by atoms with Crippen LogP contribution in [-0.2, 0) is 27.1 Å². The number of nitrogens with zero attached hydrogens (tertiary/aromatic N) is 2. The smallest absolute Gasteiger partial charge is 0.297 e. The lowest BCUT2D eigenvalue weighted by Gasteiger charge is -2.45. The van der Waals surface area contributed by atoms with Crippen molar-refractivity contribution in [3.63, 3.8) is 0 Å². The second-order valence-corrected chi connectivity index (χ2v) is 24.3. The van der Waals surface area contributed by atoms with Gasteiger partial charge in [-0.2, -0.15) is 0 Å². The van der Waals surface area contributed by atoms with Gasteiger partial charge in [0.05, 0.1) is 11.3 Å². The fourth-order valence-electron chi connectivity index (χ4n) is 12.0. The van der Waals surface area contributed by atoms with Gasteiger partial charge in [-0.15, -0.1) is 0 Å². The van der Waals surface area contributed by atoms with E-state index in [4.69, 9.17) is 4.42 Å². The van der Waals surface area contributed by atoms with E-state index in [0.717, 1.165) is 41.8 Å². The second-order valence-electron chi connectivity index (χ2n) is 24.3. The maximum absolute atomic E-state index is 7.63. The van der Waals surface area contributed by atoms with E-state index in [1.54, 1.807) is 0 Å². The summed E-state index contributed by atoms with van der Waals surface area (Å²) in [4.78, 5) is 5.19. The first-order valence-electron chi connectivity index (χ1n) is 24.7. The molecule has 0 spiro atoms. The third-order valence-electron chi connectivity index (χ3n) is 16.5. The SMILES string of the molecule is C=C/C(C)=C\C(=C(/C)c1ccc(C)cc1)N1c2ccc(C(C)(C)C)cc2B2c3oc4cc5c(cc4c3N(c3ccc4c(c3)C(C)(C)CCC4(C)C)c3cc(C)cc1c32)C(C)(C)CCC5(C)C. The average Bonchev–Trinajstić information content (AvgIpc) is 3.63. The summed E-state index contributed by atoms with van der Waals surface area (Å²) in [5.41, 5.74) is 25.0. The third-order valence-corrected chi connectivity index (χ3v) is 16.5. The van der Waals surface area contributed by atoms with Crippen LogP contribution < -0.4 is 26.4 Å². The molecule has 4 heteroatoms.